The maximum Gasteiger partial charge on any atom is 0.416 e. The van der Waals surface area contributed by atoms with Crippen LogP contribution in [0.4, 0.5) is 24.5 Å². The van der Waals surface area contributed by atoms with Crippen LogP contribution in [0.15, 0.2) is 77.7 Å². The molecule has 0 fully saturated rings. The fourth-order valence-electron chi connectivity index (χ4n) is 2.96. The van der Waals surface area contributed by atoms with Crippen molar-refractivity contribution in [2.75, 3.05) is 16.2 Å². The Morgan fingerprint density at radius 1 is 0.969 bits per heavy atom. The van der Waals surface area contributed by atoms with E-state index in [1.807, 2.05) is 0 Å². The van der Waals surface area contributed by atoms with Gasteiger partial charge in [0.25, 0.3) is 10.0 Å². The van der Waals surface area contributed by atoms with Gasteiger partial charge in [0.2, 0.25) is 5.91 Å². The first-order valence-electron chi connectivity index (χ1n) is 9.30. The lowest BCUT2D eigenvalue weighted by molar-refractivity contribution is -0.137. The van der Waals surface area contributed by atoms with E-state index in [0.29, 0.717) is 10.6 Å². The van der Waals surface area contributed by atoms with E-state index in [9.17, 15) is 26.4 Å². The molecule has 168 valence electrons. The Balaban J connectivity index is 1.92. The van der Waals surface area contributed by atoms with Crippen LogP contribution in [0.25, 0.3) is 0 Å². The molecular formula is C22H18ClF3N2O3S. The van der Waals surface area contributed by atoms with Gasteiger partial charge in [-0.2, -0.15) is 13.2 Å². The number of nitrogens with one attached hydrogen (secondary N) is 1. The quantitative estimate of drug-likeness (QED) is 0.504. The van der Waals surface area contributed by atoms with E-state index in [4.69, 9.17) is 11.6 Å². The van der Waals surface area contributed by atoms with Crippen LogP contribution in [0.2, 0.25) is 5.02 Å². The number of halogens is 4. The highest BCUT2D eigenvalue weighted by Crippen LogP contribution is 2.32. The maximum atomic E-state index is 13.3. The molecule has 0 radical (unpaired) electrons. The number of benzene rings is 3. The van der Waals surface area contributed by atoms with E-state index >= 15 is 0 Å². The second kappa shape index (κ2) is 9.22. The maximum absolute atomic E-state index is 13.3. The van der Waals surface area contributed by atoms with Crippen LogP contribution < -0.4 is 9.62 Å². The lowest BCUT2D eigenvalue weighted by atomic mass is 10.2. The number of anilines is 2. The average Bonchev–Trinajstić information content (AvgIpc) is 2.74. The van der Waals surface area contributed by atoms with Gasteiger partial charge in [0.05, 0.1) is 16.1 Å². The summed E-state index contributed by atoms with van der Waals surface area (Å²) in [4.78, 5) is 12.7. The standard InChI is InChI=1S/C22H18ClF3N2O3S/c1-15-19(23)8-5-9-20(15)28(32(30,31)18-6-3-2-4-7-18)14-21(29)27-17-12-10-16(11-13-17)22(24,25)26/h2-13H,14H2,1H3,(H,27,29). The van der Waals surface area contributed by atoms with Crippen molar-refractivity contribution in [1.29, 1.82) is 0 Å². The molecule has 0 heterocycles. The number of carbonyl (C=O) groups excluding carboxylic acids is 1. The number of alkyl halides is 3. The summed E-state index contributed by atoms with van der Waals surface area (Å²) < 4.78 is 65.8. The SMILES string of the molecule is Cc1c(Cl)cccc1N(CC(=O)Nc1ccc(C(F)(F)F)cc1)S(=O)(=O)c1ccccc1. The second-order valence-electron chi connectivity index (χ2n) is 6.83. The number of nitrogens with zero attached hydrogens (tertiary/aromatic N) is 1. The average molecular weight is 483 g/mol. The van der Waals surface area contributed by atoms with Crippen molar-refractivity contribution in [1.82, 2.24) is 0 Å². The zero-order valence-corrected chi connectivity index (χ0v) is 18.3. The third-order valence-electron chi connectivity index (χ3n) is 4.62. The van der Waals surface area contributed by atoms with Crippen LogP contribution in [0.3, 0.4) is 0 Å². The molecule has 0 saturated heterocycles. The normalized spacial score (nSPS) is 11.8. The largest absolute Gasteiger partial charge is 0.416 e. The van der Waals surface area contributed by atoms with Crippen molar-refractivity contribution < 1.29 is 26.4 Å². The number of rotatable bonds is 6. The number of hydrogen-bond acceptors (Lipinski definition) is 3. The topological polar surface area (TPSA) is 66.5 Å². The molecular weight excluding hydrogens is 465 g/mol. The molecule has 3 aromatic carbocycles. The smallest absolute Gasteiger partial charge is 0.325 e. The minimum Gasteiger partial charge on any atom is -0.325 e. The molecule has 3 aromatic rings. The van der Waals surface area contributed by atoms with Gasteiger partial charge < -0.3 is 5.32 Å². The van der Waals surface area contributed by atoms with Crippen molar-refractivity contribution in [3.05, 3.63) is 88.9 Å². The zero-order chi connectivity index (χ0) is 23.5. The van der Waals surface area contributed by atoms with Gasteiger partial charge in [-0.3, -0.25) is 9.10 Å². The first-order chi connectivity index (χ1) is 15.0. The van der Waals surface area contributed by atoms with Gasteiger partial charge in [-0.25, -0.2) is 8.42 Å². The van der Waals surface area contributed by atoms with E-state index in [1.165, 1.54) is 18.2 Å². The Hall–Kier alpha value is -3.04. The predicted molar refractivity (Wildman–Crippen MR) is 117 cm³/mol. The van der Waals surface area contributed by atoms with Crippen molar-refractivity contribution >= 4 is 38.9 Å². The summed E-state index contributed by atoms with van der Waals surface area (Å²) >= 11 is 6.16. The summed E-state index contributed by atoms with van der Waals surface area (Å²) in [6, 6.07) is 16.1. The molecule has 10 heteroatoms. The molecule has 0 aliphatic carbocycles. The number of amides is 1. The minimum absolute atomic E-state index is 0.0262. The van der Waals surface area contributed by atoms with Gasteiger partial charge in [0.15, 0.2) is 0 Å². The first kappa shape index (κ1) is 23.6. The molecule has 1 amide bonds. The highest BCUT2D eigenvalue weighted by molar-refractivity contribution is 7.92. The van der Waals surface area contributed by atoms with Crippen LogP contribution in [-0.2, 0) is 21.0 Å². The first-order valence-corrected chi connectivity index (χ1v) is 11.1. The number of carbonyl (C=O) groups is 1. The fourth-order valence-corrected chi connectivity index (χ4v) is 4.63. The Labute approximate surface area is 188 Å². The van der Waals surface area contributed by atoms with Crippen LogP contribution >= 0.6 is 11.6 Å². The minimum atomic E-state index is -4.51. The number of sulfonamides is 1. The van der Waals surface area contributed by atoms with Crippen molar-refractivity contribution in [2.24, 2.45) is 0 Å². The third-order valence-corrected chi connectivity index (χ3v) is 6.81. The molecule has 0 unspecified atom stereocenters. The monoisotopic (exact) mass is 482 g/mol. The van der Waals surface area contributed by atoms with Gasteiger partial charge >= 0.3 is 6.18 Å². The Morgan fingerprint density at radius 3 is 2.19 bits per heavy atom. The lowest BCUT2D eigenvalue weighted by Gasteiger charge is -2.26. The molecule has 0 aliphatic rings. The van der Waals surface area contributed by atoms with Gasteiger partial charge in [0, 0.05) is 10.7 Å². The molecule has 3 rings (SSSR count). The van der Waals surface area contributed by atoms with Crippen LogP contribution in [-0.4, -0.2) is 20.9 Å². The second-order valence-corrected chi connectivity index (χ2v) is 9.10. The molecule has 0 spiro atoms. The van der Waals surface area contributed by atoms with E-state index in [1.54, 1.807) is 37.3 Å². The Bertz CT molecular complexity index is 1220. The van der Waals surface area contributed by atoms with E-state index in [-0.39, 0.29) is 16.3 Å². The molecule has 0 aromatic heterocycles. The molecule has 0 saturated carbocycles. The van der Waals surface area contributed by atoms with E-state index in [0.717, 1.165) is 28.6 Å². The summed E-state index contributed by atoms with van der Waals surface area (Å²) in [6.45, 7) is 1.01. The fraction of sp³-hybridized carbons (Fsp3) is 0.136. The molecule has 0 aliphatic heterocycles. The van der Waals surface area contributed by atoms with Gasteiger partial charge in [-0.15, -0.1) is 0 Å². The van der Waals surface area contributed by atoms with Crippen LogP contribution in [0, 0.1) is 6.92 Å². The molecule has 0 bridgehead atoms. The highest BCUT2D eigenvalue weighted by Gasteiger charge is 2.31. The summed E-state index contributed by atoms with van der Waals surface area (Å²) in [5.41, 5.74) is -0.0962. The van der Waals surface area contributed by atoms with Crippen molar-refractivity contribution in [2.45, 2.75) is 18.0 Å². The van der Waals surface area contributed by atoms with E-state index in [2.05, 4.69) is 5.32 Å². The summed E-state index contributed by atoms with van der Waals surface area (Å²) in [6.07, 6.45) is -4.51. The van der Waals surface area contributed by atoms with Gasteiger partial charge in [-0.1, -0.05) is 35.9 Å². The summed E-state index contributed by atoms with van der Waals surface area (Å²) in [5, 5.41) is 2.75. The zero-order valence-electron chi connectivity index (χ0n) is 16.7. The molecule has 1 N–H and O–H groups in total. The molecule has 5 nitrogen and oxygen atoms in total. The summed E-state index contributed by atoms with van der Waals surface area (Å²) in [5.74, 6) is -0.733. The highest BCUT2D eigenvalue weighted by atomic mass is 35.5. The third kappa shape index (κ3) is 5.23. The van der Waals surface area contributed by atoms with Crippen LogP contribution in [0.5, 0.6) is 0 Å². The van der Waals surface area contributed by atoms with E-state index < -0.39 is 34.2 Å². The lowest BCUT2D eigenvalue weighted by Crippen LogP contribution is -2.38. The summed E-state index contributed by atoms with van der Waals surface area (Å²) in [7, 11) is -4.14. The molecule has 0 atom stereocenters. The van der Waals surface area contributed by atoms with Gasteiger partial charge in [0.1, 0.15) is 6.54 Å². The molecule has 32 heavy (non-hydrogen) atoms. The van der Waals surface area contributed by atoms with Crippen molar-refractivity contribution in [3.8, 4) is 0 Å². The Morgan fingerprint density at radius 2 is 1.59 bits per heavy atom. The number of hydrogen-bond donors (Lipinski definition) is 1. The predicted octanol–water partition coefficient (Wildman–Crippen LogP) is 5.50. The Kier molecular flexibility index (Phi) is 6.80. The van der Waals surface area contributed by atoms with Gasteiger partial charge in [-0.05, 0) is 61.0 Å². The van der Waals surface area contributed by atoms with Crippen LogP contribution in [0.1, 0.15) is 11.1 Å². The van der Waals surface area contributed by atoms with Crippen molar-refractivity contribution in [3.63, 3.8) is 0 Å².